The topological polar surface area (TPSA) is 64.3 Å². The van der Waals surface area contributed by atoms with Crippen LogP contribution in [0.2, 0.25) is 0 Å². The van der Waals surface area contributed by atoms with Crippen LogP contribution >= 0.6 is 0 Å². The molecule has 0 bridgehead atoms. The van der Waals surface area contributed by atoms with Crippen LogP contribution in [0.4, 0.5) is 0 Å². The molecule has 0 N–H and O–H groups in total. The average Bonchev–Trinajstić information content (AvgIpc) is 2.60. The van der Waals surface area contributed by atoms with Crippen molar-refractivity contribution in [1.82, 2.24) is 14.0 Å². The van der Waals surface area contributed by atoms with Gasteiger partial charge in [0.2, 0.25) is 5.91 Å². The average molecular weight is 333 g/mol. The SMILES string of the molecule is CCCN(C(=O)C=Cc1cn(C)c(=O)n(C)c1=O)C1CCCCC1. The van der Waals surface area contributed by atoms with Gasteiger partial charge in [-0.2, -0.15) is 0 Å². The number of amides is 1. The Morgan fingerprint density at radius 3 is 2.54 bits per heavy atom. The molecule has 132 valence electrons. The molecule has 0 aliphatic heterocycles. The highest BCUT2D eigenvalue weighted by Crippen LogP contribution is 2.23. The van der Waals surface area contributed by atoms with E-state index in [1.807, 2.05) is 4.90 Å². The molecule has 1 aliphatic carbocycles. The monoisotopic (exact) mass is 333 g/mol. The second kappa shape index (κ2) is 8.13. The summed E-state index contributed by atoms with van der Waals surface area (Å²) in [5.41, 5.74) is -0.423. The predicted octanol–water partition coefficient (Wildman–Crippen LogP) is 1.67. The zero-order valence-electron chi connectivity index (χ0n) is 14.8. The van der Waals surface area contributed by atoms with Gasteiger partial charge >= 0.3 is 5.69 Å². The largest absolute Gasteiger partial charge is 0.336 e. The Morgan fingerprint density at radius 2 is 1.92 bits per heavy atom. The molecule has 0 saturated heterocycles. The lowest BCUT2D eigenvalue weighted by molar-refractivity contribution is -0.128. The summed E-state index contributed by atoms with van der Waals surface area (Å²) in [6.45, 7) is 2.80. The van der Waals surface area contributed by atoms with E-state index in [2.05, 4.69) is 6.92 Å². The molecule has 0 aromatic carbocycles. The fraction of sp³-hybridized carbons (Fsp3) is 0.611. The highest BCUT2D eigenvalue weighted by atomic mass is 16.2. The first-order valence-electron chi connectivity index (χ1n) is 8.71. The summed E-state index contributed by atoms with van der Waals surface area (Å²) in [6, 6.07) is 0.304. The van der Waals surface area contributed by atoms with Crippen molar-refractivity contribution in [2.75, 3.05) is 6.54 Å². The number of carbonyl (C=O) groups excluding carboxylic acids is 1. The van der Waals surface area contributed by atoms with Crippen molar-refractivity contribution in [2.45, 2.75) is 51.5 Å². The van der Waals surface area contributed by atoms with Gasteiger partial charge in [-0.15, -0.1) is 0 Å². The Kier molecular flexibility index (Phi) is 6.17. The third kappa shape index (κ3) is 4.04. The van der Waals surface area contributed by atoms with Gasteiger partial charge in [0.1, 0.15) is 0 Å². The zero-order chi connectivity index (χ0) is 17.7. The summed E-state index contributed by atoms with van der Waals surface area (Å²) in [7, 11) is 3.03. The quantitative estimate of drug-likeness (QED) is 0.770. The van der Waals surface area contributed by atoms with E-state index < -0.39 is 0 Å². The predicted molar refractivity (Wildman–Crippen MR) is 94.8 cm³/mol. The Labute approximate surface area is 142 Å². The molecule has 6 nitrogen and oxygen atoms in total. The number of nitrogens with zero attached hydrogens (tertiary/aromatic N) is 3. The first-order chi connectivity index (χ1) is 11.5. The molecule has 1 aromatic rings. The van der Waals surface area contributed by atoms with Crippen LogP contribution in [0, 0.1) is 0 Å². The van der Waals surface area contributed by atoms with Crippen LogP contribution < -0.4 is 11.2 Å². The van der Waals surface area contributed by atoms with E-state index in [0.29, 0.717) is 11.6 Å². The number of aryl methyl sites for hydroxylation is 1. The van der Waals surface area contributed by atoms with Gasteiger partial charge in [-0.05, 0) is 25.3 Å². The summed E-state index contributed by atoms with van der Waals surface area (Å²) >= 11 is 0. The van der Waals surface area contributed by atoms with Crippen LogP contribution in [0.15, 0.2) is 21.9 Å². The van der Waals surface area contributed by atoms with Crippen molar-refractivity contribution in [1.29, 1.82) is 0 Å². The van der Waals surface area contributed by atoms with Gasteiger partial charge in [-0.3, -0.25) is 14.2 Å². The standard InChI is InChI=1S/C18H27N3O3/c1-4-12-21(15-8-6-5-7-9-15)16(22)11-10-14-13-19(2)18(24)20(3)17(14)23/h10-11,13,15H,4-9,12H2,1-3H3. The minimum absolute atomic E-state index is 0.0559. The molecule has 0 spiro atoms. The van der Waals surface area contributed by atoms with Crippen molar-refractivity contribution < 1.29 is 4.79 Å². The molecule has 0 unspecified atom stereocenters. The van der Waals surface area contributed by atoms with Gasteiger partial charge in [0.25, 0.3) is 5.56 Å². The Bertz CT molecular complexity index is 724. The van der Waals surface area contributed by atoms with E-state index >= 15 is 0 Å². The molecule has 0 atom stereocenters. The number of aromatic nitrogens is 2. The second-order valence-corrected chi connectivity index (χ2v) is 6.50. The molecular weight excluding hydrogens is 306 g/mol. The lowest BCUT2D eigenvalue weighted by atomic mass is 9.94. The van der Waals surface area contributed by atoms with E-state index in [1.165, 1.54) is 49.2 Å². The second-order valence-electron chi connectivity index (χ2n) is 6.50. The molecule has 2 rings (SSSR count). The smallest absolute Gasteiger partial charge is 0.330 e. The number of carbonyl (C=O) groups is 1. The maximum Gasteiger partial charge on any atom is 0.330 e. The van der Waals surface area contributed by atoms with Crippen LogP contribution in [-0.2, 0) is 18.9 Å². The molecule has 6 heteroatoms. The van der Waals surface area contributed by atoms with E-state index in [1.54, 1.807) is 7.05 Å². The van der Waals surface area contributed by atoms with Gasteiger partial charge in [-0.1, -0.05) is 26.2 Å². The zero-order valence-corrected chi connectivity index (χ0v) is 14.8. The third-order valence-corrected chi connectivity index (χ3v) is 4.64. The van der Waals surface area contributed by atoms with Crippen LogP contribution in [0.25, 0.3) is 6.08 Å². The van der Waals surface area contributed by atoms with E-state index in [4.69, 9.17) is 0 Å². The number of rotatable bonds is 5. The Balaban J connectivity index is 2.21. The fourth-order valence-electron chi connectivity index (χ4n) is 3.31. The molecule has 1 aliphatic rings. The van der Waals surface area contributed by atoms with Crippen LogP contribution in [0.3, 0.4) is 0 Å². The van der Waals surface area contributed by atoms with E-state index in [0.717, 1.165) is 30.4 Å². The summed E-state index contributed by atoms with van der Waals surface area (Å²) in [6.07, 6.45) is 11.1. The third-order valence-electron chi connectivity index (χ3n) is 4.64. The van der Waals surface area contributed by atoms with E-state index in [-0.39, 0.29) is 17.2 Å². The lowest BCUT2D eigenvalue weighted by Gasteiger charge is -2.33. The minimum atomic E-state index is -0.387. The van der Waals surface area contributed by atoms with E-state index in [9.17, 15) is 14.4 Å². The first kappa shape index (κ1) is 18.2. The number of hydrogen-bond acceptors (Lipinski definition) is 3. The lowest BCUT2D eigenvalue weighted by Crippen LogP contribution is -2.41. The van der Waals surface area contributed by atoms with Gasteiger partial charge in [0.05, 0.1) is 5.56 Å². The highest BCUT2D eigenvalue weighted by molar-refractivity contribution is 5.91. The summed E-state index contributed by atoms with van der Waals surface area (Å²) in [5.74, 6) is -0.0559. The molecule has 0 radical (unpaired) electrons. The van der Waals surface area contributed by atoms with Crippen LogP contribution in [0.5, 0.6) is 0 Å². The van der Waals surface area contributed by atoms with Crippen molar-refractivity contribution in [3.63, 3.8) is 0 Å². The summed E-state index contributed by atoms with van der Waals surface area (Å²) < 4.78 is 2.39. The first-order valence-corrected chi connectivity index (χ1v) is 8.71. The molecule has 1 aromatic heterocycles. The van der Waals surface area contributed by atoms with Crippen LogP contribution in [0.1, 0.15) is 51.0 Å². The van der Waals surface area contributed by atoms with Gasteiger partial charge in [0.15, 0.2) is 0 Å². The molecule has 1 amide bonds. The molecule has 24 heavy (non-hydrogen) atoms. The Hall–Kier alpha value is -2.11. The molecule has 1 saturated carbocycles. The van der Waals surface area contributed by atoms with Gasteiger partial charge < -0.3 is 9.47 Å². The molecule has 1 fully saturated rings. The molecular formula is C18H27N3O3. The van der Waals surface area contributed by atoms with Gasteiger partial charge in [-0.25, -0.2) is 4.79 Å². The van der Waals surface area contributed by atoms with Crippen molar-refractivity contribution in [3.05, 3.63) is 38.7 Å². The molecule has 1 heterocycles. The fourth-order valence-corrected chi connectivity index (χ4v) is 3.31. The number of hydrogen-bond donors (Lipinski definition) is 0. The normalized spacial score (nSPS) is 15.8. The van der Waals surface area contributed by atoms with Crippen molar-refractivity contribution in [3.8, 4) is 0 Å². The van der Waals surface area contributed by atoms with Crippen molar-refractivity contribution >= 4 is 12.0 Å². The summed E-state index contributed by atoms with van der Waals surface area (Å²) in [4.78, 5) is 38.4. The minimum Gasteiger partial charge on any atom is -0.336 e. The maximum atomic E-state index is 12.6. The summed E-state index contributed by atoms with van der Waals surface area (Å²) in [5, 5.41) is 0. The van der Waals surface area contributed by atoms with Crippen molar-refractivity contribution in [2.24, 2.45) is 14.1 Å². The Morgan fingerprint density at radius 1 is 1.25 bits per heavy atom. The van der Waals surface area contributed by atoms with Crippen LogP contribution in [-0.4, -0.2) is 32.5 Å². The highest BCUT2D eigenvalue weighted by Gasteiger charge is 2.23. The maximum absolute atomic E-state index is 12.6. The van der Waals surface area contributed by atoms with Gasteiger partial charge in [0, 0.05) is 39.0 Å².